The molecule has 0 spiro atoms. The number of rotatable bonds is 2. The molecule has 0 radical (unpaired) electrons. The molecule has 3 aromatic carbocycles. The van der Waals surface area contributed by atoms with Crippen molar-refractivity contribution in [2.24, 2.45) is 0 Å². The van der Waals surface area contributed by atoms with E-state index >= 15 is 0 Å². The maximum Gasteiger partial charge on any atom is 0.114 e. The fourth-order valence-corrected chi connectivity index (χ4v) is 3.99. The van der Waals surface area contributed by atoms with Crippen LogP contribution < -0.4 is 0 Å². The van der Waals surface area contributed by atoms with Crippen LogP contribution in [0.5, 0.6) is 0 Å². The smallest absolute Gasteiger partial charge is 0.114 e. The van der Waals surface area contributed by atoms with E-state index in [4.69, 9.17) is 0 Å². The third-order valence-electron chi connectivity index (χ3n) is 5.43. The average Bonchev–Trinajstić information content (AvgIpc) is 3.04. The van der Waals surface area contributed by atoms with E-state index < -0.39 is 0 Å². The lowest BCUT2D eigenvalue weighted by Gasteiger charge is -2.14. The van der Waals surface area contributed by atoms with Gasteiger partial charge in [-0.25, -0.2) is 0 Å². The Kier molecular flexibility index (Phi) is 4.11. The minimum Gasteiger partial charge on any atom is -0.322 e. The van der Waals surface area contributed by atoms with Crippen LogP contribution in [0, 0.1) is 18.8 Å². The summed E-state index contributed by atoms with van der Waals surface area (Å²) in [5, 5.41) is 2.56. The molecule has 0 saturated carbocycles. The molecule has 1 heterocycles. The van der Waals surface area contributed by atoms with E-state index in [2.05, 4.69) is 120 Å². The summed E-state index contributed by atoms with van der Waals surface area (Å²) in [6, 6.07) is 25.9. The van der Waals surface area contributed by atoms with Crippen molar-refractivity contribution in [1.82, 2.24) is 4.57 Å². The highest BCUT2D eigenvalue weighted by molar-refractivity contribution is 6.08. The molecule has 2 atom stereocenters. The van der Waals surface area contributed by atoms with E-state index in [0.717, 1.165) is 0 Å². The van der Waals surface area contributed by atoms with Crippen molar-refractivity contribution < 1.29 is 0 Å². The maximum absolute atomic E-state index is 3.55. The van der Waals surface area contributed by atoms with Gasteiger partial charge in [0.2, 0.25) is 0 Å². The van der Waals surface area contributed by atoms with Crippen LogP contribution in [0.25, 0.3) is 21.8 Å². The molecular formula is C27H21N. The largest absolute Gasteiger partial charge is 0.322 e. The Morgan fingerprint density at radius 3 is 1.96 bits per heavy atom. The third-order valence-corrected chi connectivity index (χ3v) is 5.43. The van der Waals surface area contributed by atoms with Gasteiger partial charge in [-0.15, -0.1) is 0 Å². The molecule has 1 aromatic heterocycles. The summed E-state index contributed by atoms with van der Waals surface area (Å²) in [5.41, 5.74) is 4.97. The Labute approximate surface area is 165 Å². The molecule has 0 N–H and O–H groups in total. The van der Waals surface area contributed by atoms with E-state index in [9.17, 15) is 0 Å². The molecule has 0 bridgehead atoms. The first-order chi connectivity index (χ1) is 13.8. The van der Waals surface area contributed by atoms with Crippen LogP contribution in [0.15, 0.2) is 97.1 Å². The lowest BCUT2D eigenvalue weighted by atomic mass is 9.96. The highest BCUT2D eigenvalue weighted by Crippen LogP contribution is 2.32. The molecule has 0 amide bonds. The molecule has 1 aliphatic rings. The van der Waals surface area contributed by atoms with Crippen LogP contribution in [0.3, 0.4) is 0 Å². The van der Waals surface area contributed by atoms with Crippen molar-refractivity contribution in [3.8, 4) is 11.8 Å². The van der Waals surface area contributed by atoms with Crippen molar-refractivity contribution in [3.63, 3.8) is 0 Å². The summed E-state index contributed by atoms with van der Waals surface area (Å²) in [6.07, 6.45) is 8.62. The Balaban J connectivity index is 1.66. The number of benzene rings is 3. The van der Waals surface area contributed by atoms with Gasteiger partial charge < -0.3 is 4.57 Å². The third kappa shape index (κ3) is 2.84. The first kappa shape index (κ1) is 16.7. The summed E-state index contributed by atoms with van der Waals surface area (Å²) in [7, 11) is 0. The van der Waals surface area contributed by atoms with Crippen molar-refractivity contribution in [2.45, 2.75) is 18.9 Å². The minimum absolute atomic E-state index is 0.00250. The number of aryl methyl sites for hydroxylation is 1. The topological polar surface area (TPSA) is 4.93 Å². The molecule has 1 nitrogen and oxygen atoms in total. The molecule has 2 unspecified atom stereocenters. The van der Waals surface area contributed by atoms with Crippen molar-refractivity contribution in [2.75, 3.05) is 0 Å². The van der Waals surface area contributed by atoms with Crippen LogP contribution in [0.4, 0.5) is 0 Å². The van der Waals surface area contributed by atoms with E-state index in [1.54, 1.807) is 0 Å². The van der Waals surface area contributed by atoms with Gasteiger partial charge in [0.05, 0.1) is 17.0 Å². The molecule has 1 heteroatoms. The normalized spacial score (nSPS) is 19.8. The Morgan fingerprint density at radius 2 is 1.29 bits per heavy atom. The summed E-state index contributed by atoms with van der Waals surface area (Å²) >= 11 is 0. The second kappa shape index (κ2) is 6.91. The van der Waals surface area contributed by atoms with Gasteiger partial charge in [0.25, 0.3) is 0 Å². The van der Waals surface area contributed by atoms with E-state index in [0.29, 0.717) is 0 Å². The number of fused-ring (bicyclic) bond motifs is 3. The van der Waals surface area contributed by atoms with Crippen molar-refractivity contribution >= 4 is 21.8 Å². The first-order valence-electron chi connectivity index (χ1n) is 9.71. The average molecular weight is 359 g/mol. The van der Waals surface area contributed by atoms with Crippen LogP contribution in [0.1, 0.15) is 23.1 Å². The lowest BCUT2D eigenvalue weighted by molar-refractivity contribution is 0.803. The van der Waals surface area contributed by atoms with Crippen LogP contribution in [-0.2, 0) is 0 Å². The Morgan fingerprint density at radius 1 is 0.679 bits per heavy atom. The van der Waals surface area contributed by atoms with Gasteiger partial charge in [0.1, 0.15) is 6.04 Å². The van der Waals surface area contributed by atoms with Gasteiger partial charge in [0, 0.05) is 10.8 Å². The number of nitrogens with zero attached hydrogens (tertiary/aromatic N) is 1. The first-order valence-corrected chi connectivity index (χ1v) is 9.71. The predicted molar refractivity (Wildman–Crippen MR) is 118 cm³/mol. The maximum atomic E-state index is 3.55. The molecule has 0 saturated heterocycles. The van der Waals surface area contributed by atoms with Gasteiger partial charge >= 0.3 is 0 Å². The second-order valence-electron chi connectivity index (χ2n) is 7.30. The summed E-state index contributed by atoms with van der Waals surface area (Å²) in [4.78, 5) is 0. The molecule has 5 rings (SSSR count). The van der Waals surface area contributed by atoms with Crippen molar-refractivity contribution in [1.29, 1.82) is 0 Å². The monoisotopic (exact) mass is 359 g/mol. The fraction of sp³-hybridized carbons (Fsp3) is 0.111. The summed E-state index contributed by atoms with van der Waals surface area (Å²) in [6.45, 7) is 2.12. The zero-order chi connectivity index (χ0) is 18.9. The molecule has 1 aliphatic carbocycles. The molecular weight excluding hydrogens is 338 g/mol. The zero-order valence-electron chi connectivity index (χ0n) is 15.8. The van der Waals surface area contributed by atoms with Gasteiger partial charge in [0.15, 0.2) is 0 Å². The minimum atomic E-state index is 0.00250. The van der Waals surface area contributed by atoms with Gasteiger partial charge in [-0.05, 0) is 30.7 Å². The second-order valence-corrected chi connectivity index (χ2v) is 7.30. The van der Waals surface area contributed by atoms with Gasteiger partial charge in [-0.2, -0.15) is 0 Å². The number of hydrogen-bond acceptors (Lipinski definition) is 0. The van der Waals surface area contributed by atoms with Crippen LogP contribution >= 0.6 is 0 Å². The van der Waals surface area contributed by atoms with Gasteiger partial charge in [-0.3, -0.25) is 0 Å². The number of hydrogen-bond donors (Lipinski definition) is 0. The van der Waals surface area contributed by atoms with Crippen LogP contribution in [0.2, 0.25) is 0 Å². The highest BCUT2D eigenvalue weighted by Gasteiger charge is 2.15. The van der Waals surface area contributed by atoms with E-state index in [1.807, 2.05) is 0 Å². The lowest BCUT2D eigenvalue weighted by Crippen LogP contribution is -2.05. The zero-order valence-corrected chi connectivity index (χ0v) is 15.8. The summed E-state index contributed by atoms with van der Waals surface area (Å²) < 4.78 is 2.36. The van der Waals surface area contributed by atoms with Crippen molar-refractivity contribution in [3.05, 3.63) is 108 Å². The molecule has 134 valence electrons. The SMILES string of the molecule is Cc1ccc(C2C#CC(n3c4ccccc4c4ccccc43)/C=C\C=C2)cc1. The highest BCUT2D eigenvalue weighted by atomic mass is 15.0. The van der Waals surface area contributed by atoms with E-state index in [1.165, 1.54) is 32.9 Å². The summed E-state index contributed by atoms with van der Waals surface area (Å²) in [5.74, 6) is 7.17. The van der Waals surface area contributed by atoms with Crippen LogP contribution in [-0.4, -0.2) is 4.57 Å². The number of para-hydroxylation sites is 2. The Bertz CT molecular complexity index is 1220. The number of allylic oxidation sites excluding steroid dienone is 4. The van der Waals surface area contributed by atoms with E-state index in [-0.39, 0.29) is 12.0 Å². The molecule has 0 fully saturated rings. The predicted octanol–water partition coefficient (Wildman–Crippen LogP) is 6.56. The Hall–Kier alpha value is -3.50. The number of aromatic nitrogens is 1. The molecule has 28 heavy (non-hydrogen) atoms. The standard InChI is InChI=1S/C27H21N/c1-20-14-16-22(17-15-20)21-8-2-3-9-23(19-18-21)28-26-12-6-4-10-24(26)25-11-5-7-13-27(25)28/h2-17,21,23H,1H3/b8-2?,9-3-. The fourth-order valence-electron chi connectivity index (χ4n) is 3.99. The molecule has 0 aliphatic heterocycles. The quantitative estimate of drug-likeness (QED) is 0.357. The molecule has 4 aromatic rings. The van der Waals surface area contributed by atoms with Gasteiger partial charge in [-0.1, -0.05) is 96.3 Å².